The number of thiazole rings is 1. The first-order valence-electron chi connectivity index (χ1n) is 8.22. The maximum Gasteiger partial charge on any atom is 0.285 e. The fourth-order valence-corrected chi connectivity index (χ4v) is 5.03. The van der Waals surface area contributed by atoms with Crippen LogP contribution in [0.25, 0.3) is 10.2 Å². The van der Waals surface area contributed by atoms with Crippen LogP contribution in [0.15, 0.2) is 45.7 Å². The summed E-state index contributed by atoms with van der Waals surface area (Å²) in [4.78, 5) is 0.453. The Balaban J connectivity index is 1.92. The standard InChI is InChI=1S/C19H16N2O4S2/c1-3-8-21-15-11-16-17(25-10-9-24-16)12-18(15)26-19(21)20-27(22,23)14-6-4-13(2)5-7-14/h1,4-7,11-12H,8-10H2,2H3/b20-19-. The first-order chi connectivity index (χ1) is 13.0. The molecule has 0 amide bonds. The number of hydrogen-bond acceptors (Lipinski definition) is 5. The Morgan fingerprint density at radius 3 is 2.52 bits per heavy atom. The molecule has 6 nitrogen and oxygen atoms in total. The molecule has 0 unspecified atom stereocenters. The fraction of sp³-hybridized carbons (Fsp3) is 0.211. The summed E-state index contributed by atoms with van der Waals surface area (Å²) in [6.45, 7) is 3.04. The van der Waals surface area contributed by atoms with Gasteiger partial charge in [0.15, 0.2) is 11.5 Å². The topological polar surface area (TPSA) is 69.9 Å². The SMILES string of the molecule is C#CCn1/c(=N/S(=O)(=O)c2ccc(C)cc2)sc2cc3c(cc21)OCCO3. The normalized spacial score (nSPS) is 14.3. The molecule has 1 aromatic heterocycles. The largest absolute Gasteiger partial charge is 0.486 e. The van der Waals surface area contributed by atoms with Gasteiger partial charge in [0, 0.05) is 12.1 Å². The second-order valence-electron chi connectivity index (χ2n) is 6.02. The minimum atomic E-state index is -3.85. The van der Waals surface area contributed by atoms with Crippen LogP contribution in [0.2, 0.25) is 0 Å². The van der Waals surface area contributed by atoms with Gasteiger partial charge in [0.2, 0.25) is 4.80 Å². The predicted molar refractivity (Wildman–Crippen MR) is 104 cm³/mol. The van der Waals surface area contributed by atoms with Crippen molar-refractivity contribution in [3.63, 3.8) is 0 Å². The maximum atomic E-state index is 12.7. The molecule has 2 aromatic carbocycles. The number of benzene rings is 2. The molecule has 0 radical (unpaired) electrons. The number of aryl methyl sites for hydroxylation is 1. The minimum absolute atomic E-state index is 0.142. The summed E-state index contributed by atoms with van der Waals surface area (Å²) in [7, 11) is -3.85. The molecule has 8 heteroatoms. The van der Waals surface area contributed by atoms with Crippen molar-refractivity contribution in [2.24, 2.45) is 4.40 Å². The van der Waals surface area contributed by atoms with E-state index in [1.807, 2.05) is 19.1 Å². The van der Waals surface area contributed by atoms with Gasteiger partial charge in [0.05, 0.1) is 21.7 Å². The third-order valence-electron chi connectivity index (χ3n) is 4.11. The summed E-state index contributed by atoms with van der Waals surface area (Å²) in [5.41, 5.74) is 1.74. The maximum absolute atomic E-state index is 12.7. The molecule has 1 aliphatic rings. The van der Waals surface area contributed by atoms with Crippen LogP contribution in [0, 0.1) is 19.3 Å². The Labute approximate surface area is 160 Å². The van der Waals surface area contributed by atoms with E-state index in [4.69, 9.17) is 15.9 Å². The average Bonchev–Trinajstić information content (AvgIpc) is 2.96. The van der Waals surface area contributed by atoms with E-state index in [1.165, 1.54) is 11.3 Å². The zero-order chi connectivity index (χ0) is 19.0. The van der Waals surface area contributed by atoms with Crippen LogP contribution in [0.5, 0.6) is 11.5 Å². The molecule has 0 saturated carbocycles. The van der Waals surface area contributed by atoms with E-state index in [9.17, 15) is 8.42 Å². The highest BCUT2D eigenvalue weighted by molar-refractivity contribution is 7.90. The zero-order valence-electron chi connectivity index (χ0n) is 14.5. The number of aromatic nitrogens is 1. The molecule has 138 valence electrons. The molecule has 0 spiro atoms. The summed E-state index contributed by atoms with van der Waals surface area (Å²) in [6, 6.07) is 10.2. The second-order valence-corrected chi connectivity index (χ2v) is 8.63. The van der Waals surface area contributed by atoms with Gasteiger partial charge in [0.25, 0.3) is 10.0 Å². The number of ether oxygens (including phenoxy) is 2. The Morgan fingerprint density at radius 2 is 1.85 bits per heavy atom. The molecule has 27 heavy (non-hydrogen) atoms. The van der Waals surface area contributed by atoms with Gasteiger partial charge in [-0.05, 0) is 19.1 Å². The quantitative estimate of drug-likeness (QED) is 0.634. The van der Waals surface area contributed by atoms with Gasteiger partial charge in [-0.15, -0.1) is 10.8 Å². The van der Waals surface area contributed by atoms with E-state index in [1.54, 1.807) is 28.8 Å². The molecule has 2 heterocycles. The van der Waals surface area contributed by atoms with Crippen LogP contribution in [0.1, 0.15) is 5.56 Å². The van der Waals surface area contributed by atoms with E-state index in [0.717, 1.165) is 15.8 Å². The molecule has 4 rings (SSSR count). The molecule has 0 bridgehead atoms. The van der Waals surface area contributed by atoms with Crippen molar-refractivity contribution >= 4 is 31.6 Å². The molecular weight excluding hydrogens is 384 g/mol. The van der Waals surface area contributed by atoms with Crippen LogP contribution in [0.4, 0.5) is 0 Å². The second kappa shape index (κ2) is 6.76. The molecule has 1 aliphatic heterocycles. The Bertz CT molecular complexity index is 1230. The molecule has 0 N–H and O–H groups in total. The average molecular weight is 400 g/mol. The summed E-state index contributed by atoms with van der Waals surface area (Å²) in [6.07, 6.45) is 5.50. The van der Waals surface area contributed by atoms with Gasteiger partial charge in [-0.2, -0.15) is 8.42 Å². The van der Waals surface area contributed by atoms with Crippen LogP contribution in [-0.4, -0.2) is 26.2 Å². The fourth-order valence-electron chi connectivity index (χ4n) is 2.79. The Kier molecular flexibility index (Phi) is 4.42. The molecule has 0 fully saturated rings. The van der Waals surface area contributed by atoms with E-state index >= 15 is 0 Å². The van der Waals surface area contributed by atoms with Crippen LogP contribution < -0.4 is 14.3 Å². The van der Waals surface area contributed by atoms with Crippen molar-refractivity contribution in [2.75, 3.05) is 13.2 Å². The highest BCUT2D eigenvalue weighted by Gasteiger charge is 2.18. The van der Waals surface area contributed by atoms with Crippen LogP contribution >= 0.6 is 11.3 Å². The number of terminal acetylenes is 1. The summed E-state index contributed by atoms with van der Waals surface area (Å²) in [5.74, 6) is 3.81. The minimum Gasteiger partial charge on any atom is -0.486 e. The van der Waals surface area contributed by atoms with Crippen molar-refractivity contribution in [2.45, 2.75) is 18.4 Å². The zero-order valence-corrected chi connectivity index (χ0v) is 16.1. The number of sulfonamides is 1. The number of hydrogen-bond donors (Lipinski definition) is 0. The van der Waals surface area contributed by atoms with Gasteiger partial charge < -0.3 is 14.0 Å². The van der Waals surface area contributed by atoms with Crippen LogP contribution in [-0.2, 0) is 16.6 Å². The van der Waals surface area contributed by atoms with E-state index in [0.29, 0.717) is 29.5 Å². The monoisotopic (exact) mass is 400 g/mol. The number of nitrogens with zero attached hydrogens (tertiary/aromatic N) is 2. The van der Waals surface area contributed by atoms with Gasteiger partial charge >= 0.3 is 0 Å². The van der Waals surface area contributed by atoms with Crippen molar-refractivity contribution < 1.29 is 17.9 Å². The van der Waals surface area contributed by atoms with E-state index < -0.39 is 10.0 Å². The van der Waals surface area contributed by atoms with E-state index in [2.05, 4.69) is 10.3 Å². The van der Waals surface area contributed by atoms with Gasteiger partial charge in [-0.1, -0.05) is 35.0 Å². The summed E-state index contributed by atoms with van der Waals surface area (Å²) >= 11 is 1.25. The lowest BCUT2D eigenvalue weighted by molar-refractivity contribution is 0.172. The molecule has 0 aliphatic carbocycles. The highest BCUT2D eigenvalue weighted by Crippen LogP contribution is 2.35. The lowest BCUT2D eigenvalue weighted by Gasteiger charge is -2.18. The Hall–Kier alpha value is -2.76. The first kappa shape index (κ1) is 17.6. The van der Waals surface area contributed by atoms with Gasteiger partial charge in [-0.25, -0.2) is 0 Å². The van der Waals surface area contributed by atoms with Crippen molar-refractivity contribution in [1.82, 2.24) is 4.57 Å². The molecule has 0 saturated heterocycles. The molecule has 3 aromatic rings. The van der Waals surface area contributed by atoms with Crippen molar-refractivity contribution in [3.05, 3.63) is 46.8 Å². The smallest absolute Gasteiger partial charge is 0.285 e. The molecule has 0 atom stereocenters. The van der Waals surface area contributed by atoms with Gasteiger partial charge in [-0.3, -0.25) is 0 Å². The predicted octanol–water partition coefficient (Wildman–Crippen LogP) is 2.71. The number of rotatable bonds is 3. The van der Waals surface area contributed by atoms with Gasteiger partial charge in [0.1, 0.15) is 13.2 Å². The lowest BCUT2D eigenvalue weighted by atomic mass is 10.2. The first-order valence-corrected chi connectivity index (χ1v) is 10.5. The number of fused-ring (bicyclic) bond motifs is 2. The van der Waals surface area contributed by atoms with Crippen LogP contribution in [0.3, 0.4) is 0 Å². The summed E-state index contributed by atoms with van der Waals surface area (Å²) < 4.78 is 43.3. The molecular formula is C19H16N2O4S2. The third-order valence-corrected chi connectivity index (χ3v) is 6.55. The third kappa shape index (κ3) is 3.31. The van der Waals surface area contributed by atoms with E-state index in [-0.39, 0.29) is 11.4 Å². The van der Waals surface area contributed by atoms with Crippen molar-refractivity contribution in [1.29, 1.82) is 0 Å². The van der Waals surface area contributed by atoms with Crippen molar-refractivity contribution in [3.8, 4) is 23.8 Å². The summed E-state index contributed by atoms with van der Waals surface area (Å²) in [5, 5.41) is 0. The Morgan fingerprint density at radius 1 is 1.19 bits per heavy atom. The highest BCUT2D eigenvalue weighted by atomic mass is 32.2. The lowest BCUT2D eigenvalue weighted by Crippen LogP contribution is -2.17.